The molecule has 1 fully saturated rings. The van der Waals surface area contributed by atoms with Crippen molar-refractivity contribution in [1.82, 2.24) is 9.97 Å². The first kappa shape index (κ1) is 21.4. The molecule has 0 radical (unpaired) electrons. The number of rotatable bonds is 3. The van der Waals surface area contributed by atoms with Gasteiger partial charge in [-0.3, -0.25) is 0 Å². The molecule has 1 aliphatic rings. The molecule has 166 valence electrons. The molecule has 5 rings (SSSR count). The van der Waals surface area contributed by atoms with E-state index in [0.717, 1.165) is 34.4 Å². The highest BCUT2D eigenvalue weighted by molar-refractivity contribution is 7.19. The van der Waals surface area contributed by atoms with Crippen molar-refractivity contribution in [2.45, 2.75) is 6.18 Å². The van der Waals surface area contributed by atoms with E-state index >= 15 is 0 Å². The Morgan fingerprint density at radius 2 is 1.85 bits per heavy atom. The maximum absolute atomic E-state index is 13.1. The maximum atomic E-state index is 13.1. The summed E-state index contributed by atoms with van der Waals surface area (Å²) in [6.07, 6.45) is -2.73. The average molecular weight is 466 g/mol. The molecule has 0 amide bonds. The number of nitrogens with zero attached hydrogens (tertiary/aromatic N) is 4. The van der Waals surface area contributed by atoms with Gasteiger partial charge in [-0.15, -0.1) is 11.3 Å². The Bertz CT molecular complexity index is 1420. The van der Waals surface area contributed by atoms with Gasteiger partial charge in [-0.05, 0) is 36.4 Å². The van der Waals surface area contributed by atoms with E-state index in [0.29, 0.717) is 36.0 Å². The number of benzene rings is 2. The number of allylic oxidation sites excluding steroid dienone is 1. The van der Waals surface area contributed by atoms with E-state index in [-0.39, 0.29) is 11.1 Å². The van der Waals surface area contributed by atoms with Crippen LogP contribution in [0.5, 0.6) is 0 Å². The van der Waals surface area contributed by atoms with Crippen LogP contribution in [0.1, 0.15) is 16.1 Å². The van der Waals surface area contributed by atoms with Crippen LogP contribution in [0.2, 0.25) is 0 Å². The zero-order valence-electron chi connectivity index (χ0n) is 17.3. The van der Waals surface area contributed by atoms with E-state index in [2.05, 4.69) is 16.0 Å². The molecule has 4 aromatic rings. The van der Waals surface area contributed by atoms with Crippen molar-refractivity contribution in [3.63, 3.8) is 0 Å². The average Bonchev–Trinajstić information content (AvgIpc) is 3.25. The zero-order chi connectivity index (χ0) is 23.0. The highest BCUT2D eigenvalue weighted by Gasteiger charge is 2.31. The van der Waals surface area contributed by atoms with E-state index in [1.807, 2.05) is 30.3 Å². The molecule has 0 N–H and O–H groups in total. The number of aromatic nitrogens is 2. The molecule has 0 bridgehead atoms. The smallest absolute Gasteiger partial charge is 0.378 e. The number of ether oxygens (including phenoxy) is 1. The Balaban J connectivity index is 1.62. The van der Waals surface area contributed by atoms with Crippen molar-refractivity contribution in [2.24, 2.45) is 0 Å². The van der Waals surface area contributed by atoms with Crippen molar-refractivity contribution in [3.05, 3.63) is 64.7 Å². The number of hydrogen-bond acceptors (Lipinski definition) is 6. The van der Waals surface area contributed by atoms with Crippen molar-refractivity contribution in [3.8, 4) is 6.07 Å². The van der Waals surface area contributed by atoms with Crippen LogP contribution in [0.3, 0.4) is 0 Å². The van der Waals surface area contributed by atoms with Gasteiger partial charge < -0.3 is 9.64 Å². The van der Waals surface area contributed by atoms with Crippen LogP contribution < -0.4 is 4.90 Å². The van der Waals surface area contributed by atoms with Gasteiger partial charge in [-0.1, -0.05) is 18.2 Å². The molecule has 0 atom stereocenters. The SMILES string of the molecule is N#C/C(=C\c1cc2ccccc2nc1N1CCOCC1)c1nc2cc(C(F)(F)F)ccc2s1. The topological polar surface area (TPSA) is 62.0 Å². The third-order valence-corrected chi connectivity index (χ3v) is 6.48. The Morgan fingerprint density at radius 1 is 1.06 bits per heavy atom. The molecular formula is C24H17F3N4OS. The normalized spacial score (nSPS) is 15.2. The maximum Gasteiger partial charge on any atom is 0.416 e. The van der Waals surface area contributed by atoms with Crippen LogP contribution >= 0.6 is 11.3 Å². The van der Waals surface area contributed by atoms with Crippen LogP contribution in [0, 0.1) is 11.3 Å². The second-order valence-corrected chi connectivity index (χ2v) is 8.59. The summed E-state index contributed by atoms with van der Waals surface area (Å²) >= 11 is 1.19. The molecular weight excluding hydrogens is 449 g/mol. The summed E-state index contributed by atoms with van der Waals surface area (Å²) in [6.45, 7) is 2.52. The molecule has 1 saturated heterocycles. The van der Waals surface area contributed by atoms with E-state index in [1.54, 1.807) is 6.08 Å². The zero-order valence-corrected chi connectivity index (χ0v) is 18.1. The summed E-state index contributed by atoms with van der Waals surface area (Å²) in [5.41, 5.74) is 1.33. The molecule has 0 aliphatic carbocycles. The highest BCUT2D eigenvalue weighted by atomic mass is 32.1. The number of hydrogen-bond donors (Lipinski definition) is 0. The Labute approximate surface area is 191 Å². The van der Waals surface area contributed by atoms with Crippen molar-refractivity contribution < 1.29 is 17.9 Å². The predicted molar refractivity (Wildman–Crippen MR) is 123 cm³/mol. The summed E-state index contributed by atoms with van der Waals surface area (Å²) in [7, 11) is 0. The summed E-state index contributed by atoms with van der Waals surface area (Å²) in [6, 6.07) is 15.3. The predicted octanol–water partition coefficient (Wildman–Crippen LogP) is 5.76. The van der Waals surface area contributed by atoms with Crippen LogP contribution in [0.4, 0.5) is 19.0 Å². The number of halogens is 3. The summed E-state index contributed by atoms with van der Waals surface area (Å²) in [5.74, 6) is 0.741. The second-order valence-electron chi connectivity index (χ2n) is 7.56. The third kappa shape index (κ3) is 4.27. The lowest BCUT2D eigenvalue weighted by molar-refractivity contribution is -0.137. The van der Waals surface area contributed by atoms with E-state index in [4.69, 9.17) is 9.72 Å². The number of thiazole rings is 1. The van der Waals surface area contributed by atoms with Gasteiger partial charge in [-0.25, -0.2) is 9.97 Å². The monoisotopic (exact) mass is 466 g/mol. The molecule has 5 nitrogen and oxygen atoms in total. The number of fused-ring (bicyclic) bond motifs is 2. The van der Waals surface area contributed by atoms with Crippen molar-refractivity contribution >= 4 is 49.9 Å². The first-order valence-corrected chi connectivity index (χ1v) is 11.1. The van der Waals surface area contributed by atoms with E-state index in [1.165, 1.54) is 17.4 Å². The van der Waals surface area contributed by atoms with Gasteiger partial charge in [0.2, 0.25) is 0 Å². The van der Waals surface area contributed by atoms with Crippen molar-refractivity contribution in [1.29, 1.82) is 5.26 Å². The van der Waals surface area contributed by atoms with Crippen LogP contribution in [0.15, 0.2) is 48.5 Å². The molecule has 2 aromatic heterocycles. The fourth-order valence-corrected chi connectivity index (χ4v) is 4.69. The number of para-hydroxylation sites is 1. The van der Waals surface area contributed by atoms with Gasteiger partial charge >= 0.3 is 6.18 Å². The highest BCUT2D eigenvalue weighted by Crippen LogP contribution is 2.35. The van der Waals surface area contributed by atoms with E-state index < -0.39 is 11.7 Å². The van der Waals surface area contributed by atoms with Gasteiger partial charge in [0, 0.05) is 24.0 Å². The molecule has 33 heavy (non-hydrogen) atoms. The molecule has 2 aromatic carbocycles. The lowest BCUT2D eigenvalue weighted by atomic mass is 10.1. The van der Waals surface area contributed by atoms with Crippen LogP contribution in [-0.4, -0.2) is 36.3 Å². The number of nitriles is 1. The molecule has 0 saturated carbocycles. The van der Waals surface area contributed by atoms with Gasteiger partial charge in [0.15, 0.2) is 0 Å². The second kappa shape index (κ2) is 8.46. The fraction of sp³-hybridized carbons (Fsp3) is 0.208. The number of anilines is 1. The largest absolute Gasteiger partial charge is 0.416 e. The summed E-state index contributed by atoms with van der Waals surface area (Å²) in [4.78, 5) is 11.3. The minimum Gasteiger partial charge on any atom is -0.378 e. The molecule has 1 aliphatic heterocycles. The molecule has 3 heterocycles. The Kier molecular flexibility index (Phi) is 5.48. The summed E-state index contributed by atoms with van der Waals surface area (Å²) in [5, 5.41) is 11.2. The fourth-order valence-electron chi connectivity index (χ4n) is 3.77. The first-order valence-electron chi connectivity index (χ1n) is 10.2. The lowest BCUT2D eigenvalue weighted by Gasteiger charge is -2.29. The van der Waals surface area contributed by atoms with E-state index in [9.17, 15) is 18.4 Å². The lowest BCUT2D eigenvalue weighted by Crippen LogP contribution is -2.37. The number of pyridine rings is 1. The summed E-state index contributed by atoms with van der Waals surface area (Å²) < 4.78 is 45.3. The number of morpholine rings is 1. The number of alkyl halides is 3. The standard InChI is InChI=1S/C24H17F3N4OS/c25-24(26,27)18-5-6-21-20(13-18)30-23(33-21)17(14-28)12-16-11-15-3-1-2-4-19(15)29-22(16)31-7-9-32-10-8-31/h1-6,11-13H,7-10H2/b17-12+. The Hall–Kier alpha value is -3.48. The van der Waals surface area contributed by atoms with Gasteiger partial charge in [0.05, 0.1) is 40.1 Å². The Morgan fingerprint density at radius 3 is 2.61 bits per heavy atom. The first-order chi connectivity index (χ1) is 15.9. The van der Waals surface area contributed by atoms with Crippen LogP contribution in [0.25, 0.3) is 32.8 Å². The third-order valence-electron chi connectivity index (χ3n) is 5.41. The van der Waals surface area contributed by atoms with Gasteiger partial charge in [-0.2, -0.15) is 18.4 Å². The van der Waals surface area contributed by atoms with Gasteiger partial charge in [0.25, 0.3) is 0 Å². The molecule has 9 heteroatoms. The van der Waals surface area contributed by atoms with Crippen LogP contribution in [-0.2, 0) is 10.9 Å². The van der Waals surface area contributed by atoms with Crippen molar-refractivity contribution in [2.75, 3.05) is 31.2 Å². The van der Waals surface area contributed by atoms with Gasteiger partial charge in [0.1, 0.15) is 16.9 Å². The minimum atomic E-state index is -4.45. The molecule has 0 spiro atoms. The minimum absolute atomic E-state index is 0.219. The quantitative estimate of drug-likeness (QED) is 0.359. The molecule has 0 unspecified atom stereocenters.